The maximum Gasteiger partial charge on any atom is 0.293 e. The molecule has 0 aromatic heterocycles. The lowest BCUT2D eigenvalue weighted by Gasteiger charge is -2.21. The average Bonchev–Trinajstić information content (AvgIpc) is 2.82. The van der Waals surface area contributed by atoms with Crippen molar-refractivity contribution < 1.29 is 19.2 Å². The number of ether oxygens (including phenoxy) is 2. The molecular weight excluding hydrogens is 410 g/mol. The van der Waals surface area contributed by atoms with Crippen molar-refractivity contribution in [1.82, 2.24) is 5.32 Å². The first kappa shape index (κ1) is 21.2. The zero-order valence-electron chi connectivity index (χ0n) is 17.5. The number of hydrogen-bond donors (Lipinski definition) is 2. The molecule has 32 heavy (non-hydrogen) atoms. The van der Waals surface area contributed by atoms with E-state index >= 15 is 0 Å². The van der Waals surface area contributed by atoms with Crippen LogP contribution in [0.4, 0.5) is 11.4 Å². The van der Waals surface area contributed by atoms with E-state index in [1.807, 2.05) is 55.5 Å². The molecule has 3 aromatic carbocycles. The number of hydrogen-bond acceptors (Lipinski definition) is 6. The predicted octanol–water partition coefficient (Wildman–Crippen LogP) is 4.47. The molecule has 1 aliphatic rings. The van der Waals surface area contributed by atoms with Gasteiger partial charge in [0.1, 0.15) is 18.9 Å². The lowest BCUT2D eigenvalue weighted by molar-refractivity contribution is -0.384. The van der Waals surface area contributed by atoms with E-state index < -0.39 is 10.8 Å². The highest BCUT2D eigenvalue weighted by Crippen LogP contribution is 2.33. The Morgan fingerprint density at radius 1 is 1.03 bits per heavy atom. The van der Waals surface area contributed by atoms with Gasteiger partial charge in [-0.1, -0.05) is 36.4 Å². The average molecular weight is 433 g/mol. The van der Waals surface area contributed by atoms with Gasteiger partial charge in [0.25, 0.3) is 11.6 Å². The summed E-state index contributed by atoms with van der Waals surface area (Å²) in [6.07, 6.45) is 0. The van der Waals surface area contributed by atoms with E-state index in [1.165, 1.54) is 6.07 Å². The van der Waals surface area contributed by atoms with Crippen molar-refractivity contribution >= 4 is 17.3 Å². The summed E-state index contributed by atoms with van der Waals surface area (Å²) in [5, 5.41) is 17.6. The van der Waals surface area contributed by atoms with Crippen LogP contribution in [-0.2, 0) is 6.54 Å². The van der Waals surface area contributed by atoms with Crippen molar-refractivity contribution in [3.05, 3.63) is 93.5 Å². The van der Waals surface area contributed by atoms with Crippen molar-refractivity contribution in [2.75, 3.05) is 18.5 Å². The maximum atomic E-state index is 12.8. The van der Waals surface area contributed by atoms with E-state index in [-0.39, 0.29) is 17.3 Å². The van der Waals surface area contributed by atoms with Gasteiger partial charge in [-0.3, -0.25) is 14.9 Å². The van der Waals surface area contributed by atoms with Gasteiger partial charge >= 0.3 is 0 Å². The van der Waals surface area contributed by atoms with Gasteiger partial charge in [0, 0.05) is 18.2 Å². The Kier molecular flexibility index (Phi) is 6.21. The third kappa shape index (κ3) is 4.80. The first-order chi connectivity index (χ1) is 15.5. The third-order valence-corrected chi connectivity index (χ3v) is 5.20. The number of fused-ring (bicyclic) bond motifs is 1. The summed E-state index contributed by atoms with van der Waals surface area (Å²) in [6, 6.07) is 19.2. The number of anilines is 1. The smallest absolute Gasteiger partial charge is 0.293 e. The second-order valence-corrected chi connectivity index (χ2v) is 7.43. The summed E-state index contributed by atoms with van der Waals surface area (Å²) in [7, 11) is 0. The first-order valence-electron chi connectivity index (χ1n) is 10.3. The molecule has 0 fully saturated rings. The topological polar surface area (TPSA) is 103 Å². The molecule has 0 saturated carbocycles. The fourth-order valence-electron chi connectivity index (χ4n) is 3.46. The summed E-state index contributed by atoms with van der Waals surface area (Å²) >= 11 is 0. The van der Waals surface area contributed by atoms with Crippen molar-refractivity contribution in [2.24, 2.45) is 0 Å². The Labute approximate surface area is 185 Å². The number of nitro benzene ring substituents is 1. The number of benzene rings is 3. The van der Waals surface area contributed by atoms with Crippen LogP contribution in [0.5, 0.6) is 11.5 Å². The van der Waals surface area contributed by atoms with E-state index in [0.29, 0.717) is 36.9 Å². The molecule has 1 aliphatic heterocycles. The van der Waals surface area contributed by atoms with Gasteiger partial charge in [0.15, 0.2) is 11.5 Å². The van der Waals surface area contributed by atoms with Gasteiger partial charge in [0.2, 0.25) is 0 Å². The molecule has 1 atom stereocenters. The molecule has 1 amide bonds. The van der Waals surface area contributed by atoms with Crippen molar-refractivity contribution in [3.8, 4) is 11.5 Å². The van der Waals surface area contributed by atoms with Crippen molar-refractivity contribution in [1.29, 1.82) is 0 Å². The Bertz CT molecular complexity index is 1130. The molecule has 4 rings (SSSR count). The number of amides is 1. The molecule has 0 aliphatic carbocycles. The lowest BCUT2D eigenvalue weighted by atomic mass is 10.1. The van der Waals surface area contributed by atoms with Crippen LogP contribution in [0.1, 0.15) is 34.5 Å². The fraction of sp³-hybridized carbons (Fsp3) is 0.208. The van der Waals surface area contributed by atoms with E-state index in [9.17, 15) is 14.9 Å². The molecule has 0 bridgehead atoms. The van der Waals surface area contributed by atoms with Gasteiger partial charge < -0.3 is 20.1 Å². The molecule has 0 radical (unpaired) electrons. The summed E-state index contributed by atoms with van der Waals surface area (Å²) in [4.78, 5) is 23.9. The number of nitrogens with zero attached hydrogens (tertiary/aromatic N) is 1. The summed E-state index contributed by atoms with van der Waals surface area (Å²) in [5.74, 6) is 0.914. The highest BCUT2D eigenvalue weighted by Gasteiger charge is 2.20. The number of rotatable bonds is 7. The Hall–Kier alpha value is -4.07. The summed E-state index contributed by atoms with van der Waals surface area (Å²) in [6.45, 7) is 3.26. The summed E-state index contributed by atoms with van der Waals surface area (Å²) in [5.41, 5.74) is 2.26. The number of carbonyl (C=O) groups excluding carboxylic acids is 1. The van der Waals surface area contributed by atoms with Crippen LogP contribution >= 0.6 is 0 Å². The molecule has 1 heterocycles. The normalized spacial score (nSPS) is 13.2. The van der Waals surface area contributed by atoms with E-state index in [0.717, 1.165) is 11.1 Å². The third-order valence-electron chi connectivity index (χ3n) is 5.20. The molecule has 164 valence electrons. The maximum absolute atomic E-state index is 12.8. The highest BCUT2D eigenvalue weighted by molar-refractivity contribution is 5.96. The largest absolute Gasteiger partial charge is 0.486 e. The van der Waals surface area contributed by atoms with Gasteiger partial charge in [-0.15, -0.1) is 0 Å². The Morgan fingerprint density at radius 2 is 1.78 bits per heavy atom. The quantitative estimate of drug-likeness (QED) is 0.421. The van der Waals surface area contributed by atoms with Gasteiger partial charge in [-0.2, -0.15) is 0 Å². The molecule has 1 unspecified atom stereocenters. The minimum absolute atomic E-state index is 0.152. The Morgan fingerprint density at radius 3 is 2.53 bits per heavy atom. The Balaban J connectivity index is 1.47. The molecule has 2 N–H and O–H groups in total. The van der Waals surface area contributed by atoms with Gasteiger partial charge in [0.05, 0.1) is 11.0 Å². The van der Waals surface area contributed by atoms with Crippen LogP contribution in [0.2, 0.25) is 0 Å². The van der Waals surface area contributed by atoms with Crippen LogP contribution < -0.4 is 20.1 Å². The number of carbonyl (C=O) groups is 1. The standard InChI is InChI=1S/C24H23N3O5/c1-16(18-8-10-22-23(14-18)32-12-11-31-22)26-24(28)19-7-9-20(21(13-19)27(29)30)25-15-17-5-3-2-4-6-17/h2-10,13-14,16,25H,11-12,15H2,1H3,(H,26,28). The lowest BCUT2D eigenvalue weighted by Crippen LogP contribution is -2.27. The van der Waals surface area contributed by atoms with Crippen LogP contribution in [0.25, 0.3) is 0 Å². The molecule has 8 nitrogen and oxygen atoms in total. The highest BCUT2D eigenvalue weighted by atomic mass is 16.6. The van der Waals surface area contributed by atoms with E-state index in [2.05, 4.69) is 10.6 Å². The first-order valence-corrected chi connectivity index (χ1v) is 10.3. The van der Waals surface area contributed by atoms with Crippen LogP contribution in [0.15, 0.2) is 66.7 Å². The molecule has 0 spiro atoms. The minimum atomic E-state index is -0.492. The van der Waals surface area contributed by atoms with Crippen molar-refractivity contribution in [2.45, 2.75) is 19.5 Å². The van der Waals surface area contributed by atoms with E-state index in [1.54, 1.807) is 12.1 Å². The van der Waals surface area contributed by atoms with Crippen LogP contribution in [0, 0.1) is 10.1 Å². The fourth-order valence-corrected chi connectivity index (χ4v) is 3.46. The van der Waals surface area contributed by atoms with E-state index in [4.69, 9.17) is 9.47 Å². The zero-order chi connectivity index (χ0) is 22.5. The van der Waals surface area contributed by atoms with Crippen LogP contribution in [-0.4, -0.2) is 24.0 Å². The number of nitrogens with one attached hydrogen (secondary N) is 2. The number of nitro groups is 1. The summed E-state index contributed by atoms with van der Waals surface area (Å²) < 4.78 is 11.1. The minimum Gasteiger partial charge on any atom is -0.486 e. The monoisotopic (exact) mass is 433 g/mol. The second-order valence-electron chi connectivity index (χ2n) is 7.43. The predicted molar refractivity (Wildman–Crippen MR) is 120 cm³/mol. The van der Waals surface area contributed by atoms with Crippen LogP contribution in [0.3, 0.4) is 0 Å². The molecule has 0 saturated heterocycles. The zero-order valence-corrected chi connectivity index (χ0v) is 17.5. The molecule has 8 heteroatoms. The second kappa shape index (κ2) is 9.38. The molecule has 3 aromatic rings. The SMILES string of the molecule is CC(NC(=O)c1ccc(NCc2ccccc2)c([N+](=O)[O-])c1)c1ccc2c(c1)OCCO2. The van der Waals surface area contributed by atoms with Crippen molar-refractivity contribution in [3.63, 3.8) is 0 Å². The molecular formula is C24H23N3O5. The van der Waals surface area contributed by atoms with Gasteiger partial charge in [-0.05, 0) is 42.3 Å². The van der Waals surface area contributed by atoms with Gasteiger partial charge in [-0.25, -0.2) is 0 Å².